The third kappa shape index (κ3) is 1.81. The van der Waals surface area contributed by atoms with Gasteiger partial charge in [0.2, 0.25) is 0 Å². The van der Waals surface area contributed by atoms with Gasteiger partial charge in [0, 0.05) is 18.7 Å². The number of amides is 1. The molecule has 1 aliphatic rings. The molecule has 0 saturated carbocycles. The summed E-state index contributed by atoms with van der Waals surface area (Å²) >= 11 is 0. The van der Waals surface area contributed by atoms with E-state index in [9.17, 15) is 9.59 Å². The number of likely N-dealkylation sites (tertiary alicyclic amines) is 1. The fourth-order valence-electron chi connectivity index (χ4n) is 2.07. The topological polar surface area (TPSA) is 70.8 Å². The van der Waals surface area contributed by atoms with Crippen LogP contribution < -0.4 is 0 Å². The van der Waals surface area contributed by atoms with E-state index in [0.29, 0.717) is 11.3 Å². The number of aliphatic carboxylic acids is 1. The zero-order valence-electron chi connectivity index (χ0n) is 10.1. The monoisotopic (exact) mass is 237 g/mol. The summed E-state index contributed by atoms with van der Waals surface area (Å²) in [5.41, 5.74) is 1.41. The fourth-order valence-corrected chi connectivity index (χ4v) is 2.07. The minimum absolute atomic E-state index is 0.130. The van der Waals surface area contributed by atoms with Crippen molar-refractivity contribution < 1.29 is 19.1 Å². The molecule has 0 aromatic carbocycles. The van der Waals surface area contributed by atoms with Crippen LogP contribution in [0.2, 0.25) is 0 Å². The quantitative estimate of drug-likeness (QED) is 0.843. The fraction of sp³-hybridized carbons (Fsp3) is 0.500. The van der Waals surface area contributed by atoms with Crippen molar-refractivity contribution in [3.63, 3.8) is 0 Å². The highest BCUT2D eigenvalue weighted by Gasteiger charge is 2.37. The lowest BCUT2D eigenvalue weighted by Gasteiger charge is -2.36. The largest absolute Gasteiger partial charge is 0.481 e. The van der Waals surface area contributed by atoms with Crippen LogP contribution in [0.25, 0.3) is 0 Å². The zero-order valence-corrected chi connectivity index (χ0v) is 10.1. The van der Waals surface area contributed by atoms with Crippen molar-refractivity contribution in [2.45, 2.75) is 20.8 Å². The summed E-state index contributed by atoms with van der Waals surface area (Å²) in [4.78, 5) is 24.3. The van der Waals surface area contributed by atoms with Gasteiger partial charge >= 0.3 is 5.97 Å². The predicted octanol–water partition coefficient (Wildman–Crippen LogP) is 1.36. The first-order chi connectivity index (χ1) is 7.91. The lowest BCUT2D eigenvalue weighted by atomic mass is 9.98. The van der Waals surface area contributed by atoms with Gasteiger partial charge in [-0.25, -0.2) is 0 Å². The molecule has 1 saturated heterocycles. The molecule has 0 spiro atoms. The lowest BCUT2D eigenvalue weighted by molar-refractivity contribution is -0.146. The summed E-state index contributed by atoms with van der Waals surface area (Å²) in [7, 11) is 0. The molecule has 17 heavy (non-hydrogen) atoms. The lowest BCUT2D eigenvalue weighted by Crippen LogP contribution is -2.53. The molecule has 1 aromatic heterocycles. The molecule has 0 aliphatic carbocycles. The summed E-state index contributed by atoms with van der Waals surface area (Å²) in [6.07, 6.45) is 0. The number of hydrogen-bond donors (Lipinski definition) is 1. The summed E-state index contributed by atoms with van der Waals surface area (Å²) in [6.45, 7) is 5.99. The molecule has 5 heteroatoms. The molecule has 1 aromatic rings. The highest BCUT2D eigenvalue weighted by Crippen LogP contribution is 2.25. The van der Waals surface area contributed by atoms with E-state index in [-0.39, 0.29) is 19.0 Å². The summed E-state index contributed by atoms with van der Waals surface area (Å²) in [6, 6.07) is 0. The van der Waals surface area contributed by atoms with E-state index in [4.69, 9.17) is 9.52 Å². The number of carboxylic acid groups (broad SMARTS) is 1. The van der Waals surface area contributed by atoms with Gasteiger partial charge < -0.3 is 14.4 Å². The Morgan fingerprint density at radius 1 is 1.24 bits per heavy atom. The van der Waals surface area contributed by atoms with Crippen molar-refractivity contribution in [2.75, 3.05) is 13.1 Å². The van der Waals surface area contributed by atoms with Crippen LogP contribution in [0.1, 0.15) is 27.4 Å². The summed E-state index contributed by atoms with van der Waals surface area (Å²) in [5, 5.41) is 8.76. The molecule has 5 nitrogen and oxygen atoms in total. The van der Waals surface area contributed by atoms with Gasteiger partial charge in [-0.1, -0.05) is 0 Å². The van der Waals surface area contributed by atoms with E-state index < -0.39 is 11.9 Å². The molecule has 92 valence electrons. The van der Waals surface area contributed by atoms with E-state index in [1.807, 2.05) is 13.8 Å². The summed E-state index contributed by atoms with van der Waals surface area (Å²) in [5.74, 6) is -0.0577. The van der Waals surface area contributed by atoms with Crippen LogP contribution in [0.4, 0.5) is 0 Å². The zero-order chi connectivity index (χ0) is 12.7. The van der Waals surface area contributed by atoms with Gasteiger partial charge in [-0.3, -0.25) is 9.59 Å². The molecular formula is C12H15NO4. The molecule has 2 rings (SSSR count). The first-order valence-corrected chi connectivity index (χ1v) is 5.50. The number of rotatable bonds is 2. The molecule has 0 atom stereocenters. The van der Waals surface area contributed by atoms with E-state index >= 15 is 0 Å². The standard InChI is InChI=1S/C12H15NO4/c1-6-7(2)17-8(3)10(6)11(14)13-4-9(5-13)12(15)16/h9H,4-5H2,1-3H3,(H,15,16). The summed E-state index contributed by atoms with van der Waals surface area (Å²) < 4.78 is 5.40. The Bertz CT molecular complexity index is 483. The van der Waals surface area contributed by atoms with E-state index in [2.05, 4.69) is 0 Å². The number of carbonyl (C=O) groups excluding carboxylic acids is 1. The Morgan fingerprint density at radius 3 is 2.24 bits per heavy atom. The minimum atomic E-state index is -0.842. The van der Waals surface area contributed by atoms with Crippen LogP contribution >= 0.6 is 0 Å². The Hall–Kier alpha value is -1.78. The maximum Gasteiger partial charge on any atom is 0.310 e. The third-order valence-corrected chi connectivity index (χ3v) is 3.29. The smallest absolute Gasteiger partial charge is 0.310 e. The molecule has 1 amide bonds. The second-order valence-corrected chi connectivity index (χ2v) is 4.46. The van der Waals surface area contributed by atoms with Crippen molar-refractivity contribution in [2.24, 2.45) is 5.92 Å². The SMILES string of the molecule is Cc1oc(C)c(C(=O)N2CC(C(=O)O)C2)c1C. The number of furan rings is 1. The first-order valence-electron chi connectivity index (χ1n) is 5.50. The molecule has 0 unspecified atom stereocenters. The van der Waals surface area contributed by atoms with Gasteiger partial charge in [0.1, 0.15) is 11.5 Å². The molecule has 2 heterocycles. The van der Waals surface area contributed by atoms with Gasteiger partial charge in [-0.15, -0.1) is 0 Å². The van der Waals surface area contributed by atoms with Gasteiger partial charge in [-0.05, 0) is 20.8 Å². The maximum atomic E-state index is 12.1. The second kappa shape index (κ2) is 3.91. The molecule has 1 N–H and O–H groups in total. The number of nitrogens with zero attached hydrogens (tertiary/aromatic N) is 1. The van der Waals surface area contributed by atoms with Crippen molar-refractivity contribution in [1.82, 2.24) is 4.90 Å². The second-order valence-electron chi connectivity index (χ2n) is 4.46. The Labute approximate surface area is 99.0 Å². The predicted molar refractivity (Wildman–Crippen MR) is 59.9 cm³/mol. The van der Waals surface area contributed by atoms with Crippen molar-refractivity contribution in [3.8, 4) is 0 Å². The van der Waals surface area contributed by atoms with Crippen molar-refractivity contribution >= 4 is 11.9 Å². The number of carboxylic acids is 1. The minimum Gasteiger partial charge on any atom is -0.481 e. The van der Waals surface area contributed by atoms with Gasteiger partial charge in [0.25, 0.3) is 5.91 Å². The maximum absolute atomic E-state index is 12.1. The molecule has 0 bridgehead atoms. The van der Waals surface area contributed by atoms with Crippen LogP contribution in [0, 0.1) is 26.7 Å². The number of aryl methyl sites for hydroxylation is 2. The molecule has 0 radical (unpaired) electrons. The highest BCUT2D eigenvalue weighted by atomic mass is 16.4. The van der Waals surface area contributed by atoms with Crippen LogP contribution in [-0.4, -0.2) is 35.0 Å². The average Bonchev–Trinajstić information content (AvgIpc) is 2.37. The Balaban J connectivity index is 2.14. The highest BCUT2D eigenvalue weighted by molar-refractivity contribution is 5.98. The van der Waals surface area contributed by atoms with E-state index in [1.165, 1.54) is 0 Å². The Morgan fingerprint density at radius 2 is 1.82 bits per heavy atom. The van der Waals surface area contributed by atoms with E-state index in [1.54, 1.807) is 11.8 Å². The van der Waals surface area contributed by atoms with Crippen molar-refractivity contribution in [1.29, 1.82) is 0 Å². The molecule has 1 fully saturated rings. The normalized spacial score (nSPS) is 15.8. The van der Waals surface area contributed by atoms with Gasteiger partial charge in [0.15, 0.2) is 0 Å². The van der Waals surface area contributed by atoms with Gasteiger partial charge in [0.05, 0.1) is 11.5 Å². The van der Waals surface area contributed by atoms with Crippen LogP contribution in [-0.2, 0) is 4.79 Å². The molecule has 1 aliphatic heterocycles. The first kappa shape index (κ1) is 11.7. The number of carbonyl (C=O) groups is 2. The van der Waals surface area contributed by atoms with Crippen LogP contribution in [0.15, 0.2) is 4.42 Å². The third-order valence-electron chi connectivity index (χ3n) is 3.29. The average molecular weight is 237 g/mol. The van der Waals surface area contributed by atoms with Crippen LogP contribution in [0.3, 0.4) is 0 Å². The van der Waals surface area contributed by atoms with E-state index in [0.717, 1.165) is 11.3 Å². The number of hydrogen-bond acceptors (Lipinski definition) is 3. The van der Waals surface area contributed by atoms with Crippen LogP contribution in [0.5, 0.6) is 0 Å². The molecular weight excluding hydrogens is 222 g/mol. The van der Waals surface area contributed by atoms with Crippen molar-refractivity contribution in [3.05, 3.63) is 22.6 Å². The Kier molecular flexibility index (Phi) is 2.69. The van der Waals surface area contributed by atoms with Gasteiger partial charge in [-0.2, -0.15) is 0 Å².